The van der Waals surface area contributed by atoms with Crippen molar-refractivity contribution >= 4 is 28.6 Å². The maximum Gasteiger partial charge on any atom is 0.220 e. The number of carbonyl (C=O) groups is 1. The second-order valence-corrected chi connectivity index (χ2v) is 6.27. The molecule has 17 heavy (non-hydrogen) atoms. The molecular formula is C13H15NOS2. The van der Waals surface area contributed by atoms with E-state index in [1.807, 2.05) is 11.4 Å². The Kier molecular flexibility index (Phi) is 4.34. The molecule has 0 aliphatic heterocycles. The first-order valence-electron chi connectivity index (χ1n) is 5.58. The second kappa shape index (κ2) is 5.98. The van der Waals surface area contributed by atoms with Gasteiger partial charge in [0.05, 0.1) is 6.54 Å². The van der Waals surface area contributed by atoms with E-state index in [9.17, 15) is 4.79 Å². The van der Waals surface area contributed by atoms with Crippen LogP contribution in [0.3, 0.4) is 0 Å². The Balaban J connectivity index is 1.71. The lowest BCUT2D eigenvalue weighted by atomic mass is 10.2. The van der Waals surface area contributed by atoms with Gasteiger partial charge in [-0.25, -0.2) is 0 Å². The number of rotatable bonds is 5. The first-order chi connectivity index (χ1) is 8.24. The first kappa shape index (κ1) is 12.3. The standard InChI is InChI=1S/C13H15NOS2/c1-10-4-5-12(17-10)9-14-13(15)7-6-11-3-2-8-16-11/h2-5,8H,6-7,9H2,1H3,(H,14,15). The van der Waals surface area contributed by atoms with Gasteiger partial charge in [-0.1, -0.05) is 6.07 Å². The van der Waals surface area contributed by atoms with Crippen LogP contribution in [0, 0.1) is 6.92 Å². The van der Waals surface area contributed by atoms with E-state index in [0.717, 1.165) is 6.42 Å². The minimum atomic E-state index is 0.129. The van der Waals surface area contributed by atoms with E-state index >= 15 is 0 Å². The summed E-state index contributed by atoms with van der Waals surface area (Å²) in [4.78, 5) is 15.4. The lowest BCUT2D eigenvalue weighted by Gasteiger charge is -2.02. The van der Waals surface area contributed by atoms with Crippen molar-refractivity contribution < 1.29 is 4.79 Å². The highest BCUT2D eigenvalue weighted by atomic mass is 32.1. The van der Waals surface area contributed by atoms with Gasteiger partial charge in [0.1, 0.15) is 0 Å². The van der Waals surface area contributed by atoms with Gasteiger partial charge in [-0.2, -0.15) is 0 Å². The van der Waals surface area contributed by atoms with Gasteiger partial charge in [-0.3, -0.25) is 4.79 Å². The minimum absolute atomic E-state index is 0.129. The summed E-state index contributed by atoms with van der Waals surface area (Å²) in [5, 5.41) is 4.99. The highest BCUT2D eigenvalue weighted by Gasteiger charge is 2.03. The fourth-order valence-electron chi connectivity index (χ4n) is 1.55. The number of hydrogen-bond donors (Lipinski definition) is 1. The molecule has 0 aromatic carbocycles. The van der Waals surface area contributed by atoms with E-state index in [1.165, 1.54) is 14.6 Å². The lowest BCUT2D eigenvalue weighted by Crippen LogP contribution is -2.22. The number of nitrogens with one attached hydrogen (secondary N) is 1. The van der Waals surface area contributed by atoms with Crippen LogP contribution in [0.5, 0.6) is 0 Å². The molecule has 0 aliphatic rings. The van der Waals surface area contributed by atoms with Crippen LogP contribution in [0.4, 0.5) is 0 Å². The van der Waals surface area contributed by atoms with Crippen molar-refractivity contribution in [3.8, 4) is 0 Å². The molecule has 0 atom stereocenters. The van der Waals surface area contributed by atoms with Crippen molar-refractivity contribution in [3.63, 3.8) is 0 Å². The average Bonchev–Trinajstić information content (AvgIpc) is 2.95. The Labute approximate surface area is 109 Å². The van der Waals surface area contributed by atoms with E-state index in [1.54, 1.807) is 22.7 Å². The molecule has 2 heterocycles. The molecule has 2 aromatic rings. The van der Waals surface area contributed by atoms with Crippen LogP contribution in [-0.4, -0.2) is 5.91 Å². The Morgan fingerprint density at radius 1 is 1.29 bits per heavy atom. The van der Waals surface area contributed by atoms with E-state index in [0.29, 0.717) is 13.0 Å². The second-order valence-electron chi connectivity index (χ2n) is 3.87. The zero-order chi connectivity index (χ0) is 12.1. The highest BCUT2D eigenvalue weighted by Crippen LogP contribution is 2.14. The quantitative estimate of drug-likeness (QED) is 0.882. The molecule has 1 N–H and O–H groups in total. The Hall–Kier alpha value is -1.13. The fraction of sp³-hybridized carbons (Fsp3) is 0.308. The topological polar surface area (TPSA) is 29.1 Å². The van der Waals surface area contributed by atoms with Crippen molar-refractivity contribution in [1.82, 2.24) is 5.32 Å². The van der Waals surface area contributed by atoms with Crippen LogP contribution in [0.15, 0.2) is 29.6 Å². The van der Waals surface area contributed by atoms with Gasteiger partial charge in [0.15, 0.2) is 0 Å². The molecule has 0 saturated heterocycles. The summed E-state index contributed by atoms with van der Waals surface area (Å²) >= 11 is 3.44. The third kappa shape index (κ3) is 3.98. The molecule has 0 spiro atoms. The van der Waals surface area contributed by atoms with Crippen LogP contribution in [-0.2, 0) is 17.8 Å². The van der Waals surface area contributed by atoms with Crippen molar-refractivity contribution in [2.45, 2.75) is 26.3 Å². The molecule has 0 aliphatic carbocycles. The Morgan fingerprint density at radius 3 is 2.82 bits per heavy atom. The number of hydrogen-bond acceptors (Lipinski definition) is 3. The molecule has 2 rings (SSSR count). The van der Waals surface area contributed by atoms with Gasteiger partial charge < -0.3 is 5.32 Å². The fourth-order valence-corrected chi connectivity index (χ4v) is 3.08. The summed E-state index contributed by atoms with van der Waals surface area (Å²) in [7, 11) is 0. The zero-order valence-corrected chi connectivity index (χ0v) is 11.4. The maximum atomic E-state index is 11.6. The van der Waals surface area contributed by atoms with Gasteiger partial charge in [-0.15, -0.1) is 22.7 Å². The predicted octanol–water partition coefficient (Wildman–Crippen LogP) is 3.37. The molecule has 0 fully saturated rings. The van der Waals surface area contributed by atoms with Crippen LogP contribution >= 0.6 is 22.7 Å². The van der Waals surface area contributed by atoms with E-state index in [-0.39, 0.29) is 5.91 Å². The molecule has 1 amide bonds. The van der Waals surface area contributed by atoms with Gasteiger partial charge in [0.25, 0.3) is 0 Å². The minimum Gasteiger partial charge on any atom is -0.351 e. The summed E-state index contributed by atoms with van der Waals surface area (Å²) in [6, 6.07) is 8.24. The first-order valence-corrected chi connectivity index (χ1v) is 7.28. The average molecular weight is 265 g/mol. The normalized spacial score (nSPS) is 10.4. The summed E-state index contributed by atoms with van der Waals surface area (Å²) in [5.74, 6) is 0.129. The number of amides is 1. The molecule has 2 aromatic heterocycles. The summed E-state index contributed by atoms with van der Waals surface area (Å²) in [6.07, 6.45) is 1.41. The van der Waals surface area contributed by atoms with Crippen molar-refractivity contribution in [2.75, 3.05) is 0 Å². The molecule has 0 bridgehead atoms. The molecule has 4 heteroatoms. The smallest absolute Gasteiger partial charge is 0.220 e. The zero-order valence-electron chi connectivity index (χ0n) is 9.73. The van der Waals surface area contributed by atoms with Crippen molar-refractivity contribution in [3.05, 3.63) is 44.3 Å². The van der Waals surface area contributed by atoms with E-state index in [4.69, 9.17) is 0 Å². The van der Waals surface area contributed by atoms with Gasteiger partial charge in [0.2, 0.25) is 5.91 Å². The molecule has 0 saturated carbocycles. The van der Waals surface area contributed by atoms with Gasteiger partial charge in [-0.05, 0) is 36.9 Å². The lowest BCUT2D eigenvalue weighted by molar-refractivity contribution is -0.121. The summed E-state index contributed by atoms with van der Waals surface area (Å²) in [6.45, 7) is 2.73. The monoisotopic (exact) mass is 265 g/mol. The van der Waals surface area contributed by atoms with Crippen LogP contribution in [0.1, 0.15) is 21.1 Å². The predicted molar refractivity (Wildman–Crippen MR) is 73.5 cm³/mol. The SMILES string of the molecule is Cc1ccc(CNC(=O)CCc2cccs2)s1. The van der Waals surface area contributed by atoms with E-state index in [2.05, 4.69) is 30.4 Å². The highest BCUT2D eigenvalue weighted by molar-refractivity contribution is 7.11. The Bertz CT molecular complexity index is 473. The number of thiophene rings is 2. The van der Waals surface area contributed by atoms with Crippen molar-refractivity contribution in [1.29, 1.82) is 0 Å². The Morgan fingerprint density at radius 2 is 2.18 bits per heavy atom. The van der Waals surface area contributed by atoms with Crippen LogP contribution in [0.25, 0.3) is 0 Å². The molecular weight excluding hydrogens is 250 g/mol. The van der Waals surface area contributed by atoms with Crippen LogP contribution in [0.2, 0.25) is 0 Å². The number of carbonyl (C=O) groups excluding carboxylic acids is 1. The molecule has 0 radical (unpaired) electrons. The van der Waals surface area contributed by atoms with Crippen molar-refractivity contribution in [2.24, 2.45) is 0 Å². The maximum absolute atomic E-state index is 11.6. The summed E-state index contributed by atoms with van der Waals surface area (Å²) < 4.78 is 0. The van der Waals surface area contributed by atoms with Crippen LogP contribution < -0.4 is 5.32 Å². The third-order valence-electron chi connectivity index (χ3n) is 2.43. The van der Waals surface area contributed by atoms with Gasteiger partial charge in [0, 0.05) is 21.1 Å². The van der Waals surface area contributed by atoms with Gasteiger partial charge >= 0.3 is 0 Å². The van der Waals surface area contributed by atoms with E-state index < -0.39 is 0 Å². The summed E-state index contributed by atoms with van der Waals surface area (Å²) in [5.41, 5.74) is 0. The third-order valence-corrected chi connectivity index (χ3v) is 4.37. The number of aryl methyl sites for hydroxylation is 2. The molecule has 2 nitrogen and oxygen atoms in total. The largest absolute Gasteiger partial charge is 0.351 e. The molecule has 90 valence electrons. The molecule has 0 unspecified atom stereocenters.